The molecule has 0 spiro atoms. The lowest BCUT2D eigenvalue weighted by Gasteiger charge is -2.02. The van der Waals surface area contributed by atoms with Gasteiger partial charge in [0.25, 0.3) is 0 Å². The molecule has 14 nitrogen and oxygen atoms in total. The molecule has 4 aromatic heterocycles. The van der Waals surface area contributed by atoms with Gasteiger partial charge in [-0.25, -0.2) is 0 Å². The second-order valence-electron chi connectivity index (χ2n) is 6.51. The van der Waals surface area contributed by atoms with Gasteiger partial charge in [-0.2, -0.15) is 0 Å². The smallest absolute Gasteiger partial charge is 0.303 e. The monoisotopic (exact) mass is 461 g/mol. The maximum Gasteiger partial charge on any atom is 0.303 e. The minimum atomic E-state index is -1.02. The van der Waals surface area contributed by atoms with Gasteiger partial charge in [-0.05, 0) is 31.2 Å². The molecule has 172 valence electrons. The fraction of sp³-hybridized carbons (Fsp3) is 0.200. The molecule has 0 radical (unpaired) electrons. The predicted octanol–water partition coefficient (Wildman–Crippen LogP) is 0.447. The summed E-state index contributed by atoms with van der Waals surface area (Å²) in [5.74, 6) is 0.111. The lowest BCUT2D eigenvalue weighted by atomic mass is 10.3. The van der Waals surface area contributed by atoms with E-state index < -0.39 is 11.9 Å². The van der Waals surface area contributed by atoms with Crippen LogP contribution in [0.2, 0.25) is 0 Å². The molecule has 0 fully saturated rings. The van der Waals surface area contributed by atoms with Crippen molar-refractivity contribution in [3.8, 4) is 23.0 Å². The third kappa shape index (κ3) is 7.67. The largest absolute Gasteiger partial charge is 0.481 e. The van der Waals surface area contributed by atoms with Gasteiger partial charge in [-0.3, -0.25) is 19.6 Å². The number of hydrogen-bond donors (Lipinski definition) is 2. The summed E-state index contributed by atoms with van der Waals surface area (Å²) < 4.78 is 0. The van der Waals surface area contributed by atoms with Crippen molar-refractivity contribution in [3.63, 3.8) is 0 Å². The lowest BCUT2D eigenvalue weighted by molar-refractivity contribution is -0.138. The van der Waals surface area contributed by atoms with Gasteiger partial charge < -0.3 is 10.4 Å². The Morgan fingerprint density at radius 1 is 0.765 bits per heavy atom. The van der Waals surface area contributed by atoms with Crippen LogP contribution in [0.3, 0.4) is 0 Å². The Morgan fingerprint density at radius 2 is 1.29 bits per heavy atom. The number of carbonyl (C=O) groups is 2. The third-order valence-electron chi connectivity index (χ3n) is 3.90. The van der Waals surface area contributed by atoms with Crippen LogP contribution in [0.25, 0.3) is 23.0 Å². The minimum Gasteiger partial charge on any atom is -0.481 e. The SMILES string of the molecule is Cc1nnc(-c2ccccn2)nn1.O=C(O)CCC(=O)NCc1nnc(-c2ccccn2)nn1. The van der Waals surface area contributed by atoms with Gasteiger partial charge >= 0.3 is 5.97 Å². The molecule has 14 heteroatoms. The van der Waals surface area contributed by atoms with E-state index in [4.69, 9.17) is 5.11 Å². The molecule has 0 aliphatic heterocycles. The van der Waals surface area contributed by atoms with Crippen molar-refractivity contribution in [3.05, 3.63) is 60.4 Å². The number of carboxylic acid groups (broad SMARTS) is 1. The van der Waals surface area contributed by atoms with E-state index in [1.807, 2.05) is 18.2 Å². The Labute approximate surface area is 193 Å². The van der Waals surface area contributed by atoms with Crippen molar-refractivity contribution >= 4 is 11.9 Å². The van der Waals surface area contributed by atoms with Gasteiger partial charge in [0.1, 0.15) is 11.4 Å². The lowest BCUT2D eigenvalue weighted by Crippen LogP contribution is -2.24. The highest BCUT2D eigenvalue weighted by Crippen LogP contribution is 2.07. The zero-order valence-electron chi connectivity index (χ0n) is 18.0. The van der Waals surface area contributed by atoms with Crippen LogP contribution in [-0.4, -0.2) is 67.7 Å². The molecule has 0 aliphatic carbocycles. The van der Waals surface area contributed by atoms with Gasteiger partial charge in [-0.15, -0.1) is 40.8 Å². The zero-order chi connectivity index (χ0) is 24.2. The molecule has 4 rings (SSSR count). The number of pyridine rings is 2. The van der Waals surface area contributed by atoms with E-state index in [0.29, 0.717) is 23.0 Å². The van der Waals surface area contributed by atoms with E-state index in [-0.39, 0.29) is 31.0 Å². The van der Waals surface area contributed by atoms with Crippen LogP contribution >= 0.6 is 0 Å². The number of nitrogens with one attached hydrogen (secondary N) is 1. The maximum atomic E-state index is 11.3. The summed E-state index contributed by atoms with van der Waals surface area (Å²) in [6.07, 6.45) is 2.97. The van der Waals surface area contributed by atoms with Crippen LogP contribution in [0.1, 0.15) is 24.5 Å². The predicted molar refractivity (Wildman–Crippen MR) is 115 cm³/mol. The Morgan fingerprint density at radius 3 is 1.76 bits per heavy atom. The molecule has 0 saturated heterocycles. The molecular formula is C20H19N11O3. The molecular weight excluding hydrogens is 442 g/mol. The summed E-state index contributed by atoms with van der Waals surface area (Å²) in [6.45, 7) is 1.78. The quantitative estimate of drug-likeness (QED) is 0.385. The van der Waals surface area contributed by atoms with Crippen LogP contribution in [0.15, 0.2) is 48.8 Å². The van der Waals surface area contributed by atoms with E-state index in [2.05, 4.69) is 56.1 Å². The first-order valence-electron chi connectivity index (χ1n) is 9.93. The highest BCUT2D eigenvalue weighted by molar-refractivity contribution is 5.80. The molecule has 0 bridgehead atoms. The molecule has 34 heavy (non-hydrogen) atoms. The van der Waals surface area contributed by atoms with Crippen LogP contribution in [0.5, 0.6) is 0 Å². The van der Waals surface area contributed by atoms with E-state index in [1.54, 1.807) is 37.5 Å². The number of rotatable bonds is 7. The maximum absolute atomic E-state index is 11.3. The Bertz CT molecular complexity index is 1190. The van der Waals surface area contributed by atoms with Gasteiger partial charge in [0.2, 0.25) is 17.6 Å². The van der Waals surface area contributed by atoms with Crippen LogP contribution < -0.4 is 5.32 Å². The average molecular weight is 461 g/mol. The number of nitrogens with zero attached hydrogens (tertiary/aromatic N) is 10. The second-order valence-corrected chi connectivity index (χ2v) is 6.51. The number of carbonyl (C=O) groups excluding carboxylic acids is 1. The fourth-order valence-corrected chi connectivity index (χ4v) is 2.28. The summed E-state index contributed by atoms with van der Waals surface area (Å²) in [5.41, 5.74) is 1.23. The van der Waals surface area contributed by atoms with Crippen LogP contribution in [0.4, 0.5) is 0 Å². The number of carboxylic acids is 1. The van der Waals surface area contributed by atoms with Crippen molar-refractivity contribution in [1.82, 2.24) is 56.1 Å². The Balaban J connectivity index is 0.000000212. The summed E-state index contributed by atoms with van der Waals surface area (Å²) in [7, 11) is 0. The summed E-state index contributed by atoms with van der Waals surface area (Å²) in [4.78, 5) is 29.8. The number of hydrogen-bond acceptors (Lipinski definition) is 12. The molecule has 0 atom stereocenters. The first-order valence-corrected chi connectivity index (χ1v) is 9.93. The summed E-state index contributed by atoms with van der Waals surface area (Å²) in [5, 5.41) is 41.6. The minimum absolute atomic E-state index is 0.0426. The van der Waals surface area contributed by atoms with Gasteiger partial charge in [0.15, 0.2) is 11.6 Å². The normalized spacial score (nSPS) is 10.0. The topological polar surface area (TPSA) is 195 Å². The first-order chi connectivity index (χ1) is 16.5. The molecule has 0 aliphatic rings. The second kappa shape index (κ2) is 12.2. The van der Waals surface area contributed by atoms with Gasteiger partial charge in [0.05, 0.1) is 13.0 Å². The molecule has 0 unspecified atom stereocenters. The molecule has 2 N–H and O–H groups in total. The van der Waals surface area contributed by atoms with Crippen molar-refractivity contribution < 1.29 is 14.7 Å². The van der Waals surface area contributed by atoms with E-state index in [0.717, 1.165) is 0 Å². The molecule has 0 saturated carbocycles. The van der Waals surface area contributed by atoms with Crippen molar-refractivity contribution in [2.45, 2.75) is 26.3 Å². The third-order valence-corrected chi connectivity index (χ3v) is 3.90. The summed E-state index contributed by atoms with van der Waals surface area (Å²) in [6, 6.07) is 10.8. The molecule has 0 aromatic carbocycles. The number of amides is 1. The number of aliphatic carboxylic acids is 1. The van der Waals surface area contributed by atoms with Gasteiger partial charge in [-0.1, -0.05) is 12.1 Å². The van der Waals surface area contributed by atoms with Crippen LogP contribution in [-0.2, 0) is 16.1 Å². The van der Waals surface area contributed by atoms with E-state index >= 15 is 0 Å². The molecule has 4 aromatic rings. The first kappa shape index (κ1) is 23.8. The zero-order valence-corrected chi connectivity index (χ0v) is 18.0. The number of aryl methyl sites for hydroxylation is 1. The Kier molecular flexibility index (Phi) is 8.55. The molecule has 1 amide bonds. The number of aromatic nitrogens is 10. The fourth-order valence-electron chi connectivity index (χ4n) is 2.28. The van der Waals surface area contributed by atoms with Gasteiger partial charge in [0, 0.05) is 18.8 Å². The van der Waals surface area contributed by atoms with Crippen molar-refractivity contribution in [2.24, 2.45) is 0 Å². The van der Waals surface area contributed by atoms with E-state index in [1.165, 1.54) is 0 Å². The highest BCUT2D eigenvalue weighted by atomic mass is 16.4. The standard InChI is InChI=1S/C12H12N6O3.C8H7N5/c19-10(4-5-11(20)21)14-7-9-15-17-12(18-16-9)8-3-1-2-6-13-8;1-6-10-12-8(13-11-6)7-4-2-3-5-9-7/h1-3,6H,4-5,7H2,(H,14,19)(H,20,21);2-5H,1H3. The molecule has 4 heterocycles. The van der Waals surface area contributed by atoms with Crippen molar-refractivity contribution in [2.75, 3.05) is 0 Å². The van der Waals surface area contributed by atoms with Crippen molar-refractivity contribution in [1.29, 1.82) is 0 Å². The summed E-state index contributed by atoms with van der Waals surface area (Å²) >= 11 is 0. The van der Waals surface area contributed by atoms with Crippen LogP contribution in [0, 0.1) is 6.92 Å². The average Bonchev–Trinajstić information content (AvgIpc) is 2.88. The van der Waals surface area contributed by atoms with E-state index in [9.17, 15) is 9.59 Å². The highest BCUT2D eigenvalue weighted by Gasteiger charge is 2.08. The Hall–Kier alpha value is -4.88.